The van der Waals surface area contributed by atoms with E-state index in [1.807, 2.05) is 0 Å². The Morgan fingerprint density at radius 2 is 2.00 bits per heavy atom. The molecule has 4 N–H and O–H groups in total. The summed E-state index contributed by atoms with van der Waals surface area (Å²) in [7, 11) is 0. The maximum atomic E-state index is 10.4. The Hall–Kier alpha value is -0.0300. The second-order valence-electron chi connectivity index (χ2n) is 2.69. The normalized spacial score (nSPS) is 28.1. The molecule has 0 amide bonds. The largest absolute Gasteiger partial charge is 0.481 e. The van der Waals surface area contributed by atoms with Gasteiger partial charge in [0.05, 0.1) is 5.92 Å². The Kier molecular flexibility index (Phi) is 7.83. The fourth-order valence-corrected chi connectivity index (χ4v) is 1.16. The number of halogens is 2. The number of hydrogen-bond donors (Lipinski definition) is 3. The molecule has 1 heterocycles. The van der Waals surface area contributed by atoms with Gasteiger partial charge in [-0.15, -0.1) is 24.8 Å². The molecule has 74 valence electrons. The molecule has 2 unspecified atom stereocenters. The van der Waals surface area contributed by atoms with Crippen molar-refractivity contribution in [1.82, 2.24) is 5.32 Å². The number of carboxylic acids is 1. The first kappa shape index (κ1) is 14.5. The third-order valence-electron chi connectivity index (χ3n) is 1.73. The zero-order valence-corrected chi connectivity index (χ0v) is 8.16. The average Bonchev–Trinajstić information content (AvgIpc) is 1.88. The van der Waals surface area contributed by atoms with Crippen LogP contribution in [0.5, 0.6) is 0 Å². The summed E-state index contributed by atoms with van der Waals surface area (Å²) >= 11 is 0. The van der Waals surface area contributed by atoms with E-state index in [1.54, 1.807) is 0 Å². The van der Waals surface area contributed by atoms with Gasteiger partial charge in [-0.1, -0.05) is 0 Å². The van der Waals surface area contributed by atoms with Crippen LogP contribution in [-0.4, -0.2) is 30.2 Å². The molecule has 1 rings (SSSR count). The number of nitrogens with two attached hydrogens (primary N) is 1. The van der Waals surface area contributed by atoms with Crippen LogP contribution in [0.4, 0.5) is 0 Å². The molecule has 0 saturated carbocycles. The monoisotopic (exact) mass is 216 g/mol. The van der Waals surface area contributed by atoms with Gasteiger partial charge in [0.1, 0.15) is 0 Å². The van der Waals surface area contributed by atoms with E-state index < -0.39 is 5.97 Å². The van der Waals surface area contributed by atoms with Gasteiger partial charge >= 0.3 is 5.97 Å². The molecule has 0 bridgehead atoms. The quantitative estimate of drug-likeness (QED) is 0.571. The van der Waals surface area contributed by atoms with Crippen molar-refractivity contribution in [3.63, 3.8) is 0 Å². The van der Waals surface area contributed by atoms with Crippen LogP contribution in [-0.2, 0) is 4.79 Å². The van der Waals surface area contributed by atoms with Crippen molar-refractivity contribution >= 4 is 30.8 Å². The van der Waals surface area contributed by atoms with Gasteiger partial charge in [-0.25, -0.2) is 0 Å². The molecule has 12 heavy (non-hydrogen) atoms. The summed E-state index contributed by atoms with van der Waals surface area (Å²) in [4.78, 5) is 10.4. The van der Waals surface area contributed by atoms with E-state index in [0.717, 1.165) is 6.54 Å². The van der Waals surface area contributed by atoms with E-state index in [0.29, 0.717) is 13.0 Å². The minimum atomic E-state index is -0.748. The number of carbonyl (C=O) groups is 1. The summed E-state index contributed by atoms with van der Waals surface area (Å²) in [5, 5.41) is 11.5. The van der Waals surface area contributed by atoms with E-state index in [-0.39, 0.29) is 36.8 Å². The lowest BCUT2D eigenvalue weighted by atomic mass is 9.97. The lowest BCUT2D eigenvalue weighted by molar-refractivity contribution is -0.142. The zero-order chi connectivity index (χ0) is 7.56. The van der Waals surface area contributed by atoms with Gasteiger partial charge < -0.3 is 16.2 Å². The summed E-state index contributed by atoms with van der Waals surface area (Å²) < 4.78 is 0. The molecule has 1 aliphatic rings. The number of aliphatic carboxylic acids is 1. The highest BCUT2D eigenvalue weighted by molar-refractivity contribution is 5.85. The summed E-state index contributed by atoms with van der Waals surface area (Å²) in [6, 6.07) is 0.00912. The van der Waals surface area contributed by atoms with Crippen molar-refractivity contribution in [2.45, 2.75) is 12.5 Å². The fraction of sp³-hybridized carbons (Fsp3) is 0.833. The van der Waals surface area contributed by atoms with Crippen LogP contribution < -0.4 is 11.1 Å². The molecule has 4 nitrogen and oxygen atoms in total. The van der Waals surface area contributed by atoms with Crippen LogP contribution >= 0.6 is 24.8 Å². The number of carboxylic acid groups (broad SMARTS) is 1. The summed E-state index contributed by atoms with van der Waals surface area (Å²) in [6.07, 6.45) is 0.600. The Bertz CT molecular complexity index is 146. The van der Waals surface area contributed by atoms with Gasteiger partial charge in [-0.05, 0) is 6.42 Å². The molecule has 0 radical (unpaired) electrons. The van der Waals surface area contributed by atoms with Crippen molar-refractivity contribution in [3.8, 4) is 0 Å². The first-order valence-corrected chi connectivity index (χ1v) is 3.39. The molecule has 1 aliphatic heterocycles. The Morgan fingerprint density at radius 1 is 1.42 bits per heavy atom. The van der Waals surface area contributed by atoms with Gasteiger partial charge in [0, 0.05) is 19.1 Å². The molecule has 0 aromatic heterocycles. The second kappa shape index (κ2) is 6.48. The number of nitrogens with one attached hydrogen (secondary N) is 1. The van der Waals surface area contributed by atoms with E-state index in [4.69, 9.17) is 10.8 Å². The summed E-state index contributed by atoms with van der Waals surface area (Å²) in [5.74, 6) is -1.04. The lowest BCUT2D eigenvalue weighted by Crippen LogP contribution is -2.46. The highest BCUT2D eigenvalue weighted by Gasteiger charge is 2.23. The van der Waals surface area contributed by atoms with Crippen LogP contribution in [0.1, 0.15) is 6.42 Å². The zero-order valence-electron chi connectivity index (χ0n) is 6.53. The van der Waals surface area contributed by atoms with Gasteiger partial charge in [0.25, 0.3) is 0 Å². The first-order valence-electron chi connectivity index (χ1n) is 3.39. The molecule has 0 aromatic carbocycles. The van der Waals surface area contributed by atoms with Crippen LogP contribution in [0, 0.1) is 5.92 Å². The second-order valence-corrected chi connectivity index (χ2v) is 2.69. The molecule has 0 spiro atoms. The van der Waals surface area contributed by atoms with Crippen molar-refractivity contribution in [2.75, 3.05) is 13.1 Å². The Morgan fingerprint density at radius 3 is 2.33 bits per heavy atom. The minimum absolute atomic E-state index is 0. The molecule has 2 atom stereocenters. The smallest absolute Gasteiger partial charge is 0.307 e. The van der Waals surface area contributed by atoms with Crippen molar-refractivity contribution in [3.05, 3.63) is 0 Å². The molecule has 6 heteroatoms. The van der Waals surface area contributed by atoms with Crippen LogP contribution in [0.2, 0.25) is 0 Å². The van der Waals surface area contributed by atoms with Gasteiger partial charge in [0.15, 0.2) is 0 Å². The van der Waals surface area contributed by atoms with E-state index in [9.17, 15) is 4.79 Å². The van der Waals surface area contributed by atoms with Crippen LogP contribution in [0.15, 0.2) is 0 Å². The molecular weight excluding hydrogens is 203 g/mol. The molecule has 1 fully saturated rings. The summed E-state index contributed by atoms with van der Waals surface area (Å²) in [5.41, 5.74) is 5.54. The maximum Gasteiger partial charge on any atom is 0.307 e. The van der Waals surface area contributed by atoms with Crippen molar-refractivity contribution in [1.29, 1.82) is 0 Å². The third-order valence-corrected chi connectivity index (χ3v) is 1.73. The fourth-order valence-electron chi connectivity index (χ4n) is 1.16. The number of hydrogen-bond acceptors (Lipinski definition) is 3. The predicted octanol–water partition coefficient (Wildman–Crippen LogP) is -0.149. The maximum absolute atomic E-state index is 10.4. The highest BCUT2D eigenvalue weighted by atomic mass is 35.5. The van der Waals surface area contributed by atoms with Crippen molar-refractivity contribution in [2.24, 2.45) is 11.7 Å². The lowest BCUT2D eigenvalue weighted by Gasteiger charge is -2.24. The van der Waals surface area contributed by atoms with E-state index in [2.05, 4.69) is 5.32 Å². The van der Waals surface area contributed by atoms with E-state index in [1.165, 1.54) is 0 Å². The first-order chi connectivity index (χ1) is 4.70. The summed E-state index contributed by atoms with van der Waals surface area (Å²) in [6.45, 7) is 1.30. The molecule has 1 saturated heterocycles. The predicted molar refractivity (Wildman–Crippen MR) is 51.1 cm³/mol. The Labute approximate surface area is 83.7 Å². The van der Waals surface area contributed by atoms with E-state index >= 15 is 0 Å². The standard InChI is InChI=1S/C6H12N2O2.2ClH/c7-5-1-4(6(9)10)2-8-3-5;;/h4-5,8H,1-3,7H2,(H,9,10);2*1H. The van der Waals surface area contributed by atoms with Gasteiger partial charge in [-0.2, -0.15) is 0 Å². The highest BCUT2D eigenvalue weighted by Crippen LogP contribution is 2.08. The van der Waals surface area contributed by atoms with Crippen LogP contribution in [0.3, 0.4) is 0 Å². The van der Waals surface area contributed by atoms with Crippen molar-refractivity contribution < 1.29 is 9.90 Å². The molecule has 0 aromatic rings. The number of rotatable bonds is 1. The van der Waals surface area contributed by atoms with Gasteiger partial charge in [-0.3, -0.25) is 4.79 Å². The van der Waals surface area contributed by atoms with Crippen LogP contribution in [0.25, 0.3) is 0 Å². The molecular formula is C6H14Cl2N2O2. The topological polar surface area (TPSA) is 75.3 Å². The Balaban J connectivity index is 0. The van der Waals surface area contributed by atoms with Gasteiger partial charge in [0.2, 0.25) is 0 Å². The average molecular weight is 217 g/mol. The third kappa shape index (κ3) is 4.11. The molecule has 0 aliphatic carbocycles. The minimum Gasteiger partial charge on any atom is -0.481 e. The SMILES string of the molecule is Cl.Cl.NC1CNCC(C(=O)O)C1. The number of piperidine rings is 1.